The minimum Gasteiger partial charge on any atom is -0.479 e. The third kappa shape index (κ3) is 5.35. The van der Waals surface area contributed by atoms with Crippen LogP contribution in [-0.4, -0.2) is 46.0 Å². The van der Waals surface area contributed by atoms with Crippen LogP contribution in [0.25, 0.3) is 0 Å². The van der Waals surface area contributed by atoms with E-state index in [-0.39, 0.29) is 5.75 Å². The molecule has 0 aliphatic heterocycles. The Bertz CT molecular complexity index is 268. The second kappa shape index (κ2) is 6.38. The van der Waals surface area contributed by atoms with Crippen molar-refractivity contribution in [2.75, 3.05) is 5.75 Å². The number of nitrogens with two attached hydrogens (primary N) is 1. The van der Waals surface area contributed by atoms with E-state index < -0.39 is 36.5 Å². The molecule has 1 unspecified atom stereocenters. The first-order valence-corrected chi connectivity index (χ1v) is 4.53. The number of hydrogen-bond donors (Lipinski definition) is 4. The summed E-state index contributed by atoms with van der Waals surface area (Å²) in [5, 5.41) is 17.0. The molecule has 0 aromatic rings. The number of carboxylic acid groups (broad SMARTS) is 1. The number of rotatable bonds is 5. The highest BCUT2D eigenvalue weighted by Gasteiger charge is 2.22. The SMILES string of the molecule is N[C@@H](CS)C(=O)OC(=O)CC(O)C(=O)O. The van der Waals surface area contributed by atoms with Crippen molar-refractivity contribution in [1.29, 1.82) is 0 Å². The van der Waals surface area contributed by atoms with Crippen LogP contribution in [0.5, 0.6) is 0 Å². The quantitative estimate of drug-likeness (QED) is 0.251. The van der Waals surface area contributed by atoms with Crippen molar-refractivity contribution in [2.45, 2.75) is 18.6 Å². The molecule has 2 atom stereocenters. The number of esters is 2. The molecule has 0 aromatic heterocycles. The highest BCUT2D eigenvalue weighted by molar-refractivity contribution is 7.80. The molecule has 15 heavy (non-hydrogen) atoms. The zero-order valence-corrected chi connectivity index (χ0v) is 8.52. The fourth-order valence-electron chi connectivity index (χ4n) is 0.549. The summed E-state index contributed by atoms with van der Waals surface area (Å²) in [5.74, 6) is -3.73. The molecule has 0 spiro atoms. The van der Waals surface area contributed by atoms with Crippen molar-refractivity contribution in [3.63, 3.8) is 0 Å². The molecular weight excluding hydrogens is 226 g/mol. The first-order chi connectivity index (χ1) is 6.88. The summed E-state index contributed by atoms with van der Waals surface area (Å²) < 4.78 is 4.15. The fraction of sp³-hybridized carbons (Fsp3) is 0.571. The predicted octanol–water partition coefficient (Wildman–Crippen LogP) is -1.85. The second-order valence-corrected chi connectivity index (χ2v) is 3.01. The van der Waals surface area contributed by atoms with Crippen LogP contribution >= 0.6 is 12.6 Å². The Kier molecular flexibility index (Phi) is 5.90. The zero-order valence-electron chi connectivity index (χ0n) is 7.62. The van der Waals surface area contributed by atoms with Gasteiger partial charge in [0.25, 0.3) is 0 Å². The van der Waals surface area contributed by atoms with Gasteiger partial charge < -0.3 is 20.7 Å². The average Bonchev–Trinajstić information content (AvgIpc) is 2.15. The van der Waals surface area contributed by atoms with Crippen molar-refractivity contribution in [2.24, 2.45) is 5.73 Å². The Labute approximate surface area is 90.6 Å². The first kappa shape index (κ1) is 13.9. The highest BCUT2D eigenvalue weighted by Crippen LogP contribution is 1.97. The highest BCUT2D eigenvalue weighted by atomic mass is 32.1. The molecule has 7 nitrogen and oxygen atoms in total. The van der Waals surface area contributed by atoms with Crippen molar-refractivity contribution < 1.29 is 29.3 Å². The minimum absolute atomic E-state index is 0.00635. The van der Waals surface area contributed by atoms with Gasteiger partial charge in [-0.05, 0) is 0 Å². The number of aliphatic carboxylic acids is 1. The van der Waals surface area contributed by atoms with Gasteiger partial charge in [-0.2, -0.15) is 12.6 Å². The summed E-state index contributed by atoms with van der Waals surface area (Å²) >= 11 is 3.70. The summed E-state index contributed by atoms with van der Waals surface area (Å²) in [6.45, 7) is 0. The number of aliphatic hydroxyl groups excluding tert-OH is 1. The van der Waals surface area contributed by atoms with Gasteiger partial charge in [-0.3, -0.25) is 4.79 Å². The average molecular weight is 237 g/mol. The smallest absolute Gasteiger partial charge is 0.333 e. The van der Waals surface area contributed by atoms with Gasteiger partial charge >= 0.3 is 17.9 Å². The molecular formula is C7H11NO6S. The molecule has 0 aromatic carbocycles. The molecule has 8 heteroatoms. The summed E-state index contributed by atoms with van der Waals surface area (Å²) in [5.41, 5.74) is 5.17. The zero-order chi connectivity index (χ0) is 12.0. The Hall–Kier alpha value is -1.12. The van der Waals surface area contributed by atoms with E-state index in [4.69, 9.17) is 15.9 Å². The molecule has 0 amide bonds. The molecule has 0 rings (SSSR count). The Morgan fingerprint density at radius 1 is 1.40 bits per heavy atom. The molecule has 0 heterocycles. The molecule has 0 fully saturated rings. The van der Waals surface area contributed by atoms with Crippen molar-refractivity contribution in [1.82, 2.24) is 0 Å². The minimum atomic E-state index is -1.89. The maximum absolute atomic E-state index is 10.9. The molecule has 0 aliphatic rings. The van der Waals surface area contributed by atoms with E-state index in [1.54, 1.807) is 0 Å². The van der Waals surface area contributed by atoms with Crippen LogP contribution in [0.1, 0.15) is 6.42 Å². The predicted molar refractivity (Wildman–Crippen MR) is 51.2 cm³/mol. The van der Waals surface area contributed by atoms with E-state index in [9.17, 15) is 14.4 Å². The molecule has 0 saturated carbocycles. The van der Waals surface area contributed by atoms with E-state index in [1.807, 2.05) is 0 Å². The van der Waals surface area contributed by atoms with E-state index >= 15 is 0 Å². The van der Waals surface area contributed by atoms with Gasteiger partial charge in [0.1, 0.15) is 6.04 Å². The lowest BCUT2D eigenvalue weighted by Crippen LogP contribution is -2.36. The molecule has 0 radical (unpaired) electrons. The monoisotopic (exact) mass is 237 g/mol. The Morgan fingerprint density at radius 3 is 2.33 bits per heavy atom. The third-order valence-corrected chi connectivity index (χ3v) is 1.75. The summed E-state index contributed by atoms with van der Waals surface area (Å²) in [6.07, 6.45) is -2.70. The van der Waals surface area contributed by atoms with Gasteiger partial charge in [0.05, 0.1) is 6.42 Å². The van der Waals surface area contributed by atoms with Gasteiger partial charge in [-0.25, -0.2) is 9.59 Å². The van der Waals surface area contributed by atoms with Crippen LogP contribution in [0.15, 0.2) is 0 Å². The van der Waals surface area contributed by atoms with Gasteiger partial charge in [0.15, 0.2) is 6.10 Å². The number of aliphatic hydroxyl groups is 1. The molecule has 4 N–H and O–H groups in total. The standard InChI is InChI=1S/C7H11NO6S/c8-3(2-15)7(13)14-5(10)1-4(9)6(11)12/h3-4,9,15H,1-2,8H2,(H,11,12)/t3-,4?/m0/s1. The van der Waals surface area contributed by atoms with Crippen LogP contribution in [0.4, 0.5) is 0 Å². The Balaban J connectivity index is 4.04. The number of ether oxygens (including phenoxy) is 1. The lowest BCUT2D eigenvalue weighted by molar-refractivity contribution is -0.164. The molecule has 0 saturated heterocycles. The molecule has 0 bridgehead atoms. The first-order valence-electron chi connectivity index (χ1n) is 3.90. The van der Waals surface area contributed by atoms with Crippen molar-refractivity contribution >= 4 is 30.5 Å². The molecule has 86 valence electrons. The van der Waals surface area contributed by atoms with Crippen LogP contribution in [0, 0.1) is 0 Å². The lowest BCUT2D eigenvalue weighted by atomic mass is 10.2. The van der Waals surface area contributed by atoms with Crippen molar-refractivity contribution in [3.05, 3.63) is 0 Å². The number of hydrogen-bond acceptors (Lipinski definition) is 7. The summed E-state index contributed by atoms with van der Waals surface area (Å²) in [4.78, 5) is 31.9. The Morgan fingerprint density at radius 2 is 1.93 bits per heavy atom. The van der Waals surface area contributed by atoms with E-state index in [0.717, 1.165) is 0 Å². The van der Waals surface area contributed by atoms with Gasteiger partial charge in [-0.1, -0.05) is 0 Å². The van der Waals surface area contributed by atoms with Crippen LogP contribution in [-0.2, 0) is 19.1 Å². The second-order valence-electron chi connectivity index (χ2n) is 2.64. The van der Waals surface area contributed by atoms with E-state index in [0.29, 0.717) is 0 Å². The van der Waals surface area contributed by atoms with E-state index in [2.05, 4.69) is 17.4 Å². The number of carbonyl (C=O) groups excluding carboxylic acids is 2. The van der Waals surface area contributed by atoms with Gasteiger partial charge in [0.2, 0.25) is 0 Å². The maximum Gasteiger partial charge on any atom is 0.333 e. The fourth-order valence-corrected chi connectivity index (χ4v) is 0.698. The van der Waals surface area contributed by atoms with E-state index in [1.165, 1.54) is 0 Å². The molecule has 0 aliphatic carbocycles. The third-order valence-electron chi connectivity index (χ3n) is 1.36. The summed E-state index contributed by atoms with van der Waals surface area (Å²) in [7, 11) is 0. The van der Waals surface area contributed by atoms with Crippen LogP contribution in [0.3, 0.4) is 0 Å². The lowest BCUT2D eigenvalue weighted by Gasteiger charge is -2.08. The van der Waals surface area contributed by atoms with Crippen LogP contribution < -0.4 is 5.73 Å². The van der Waals surface area contributed by atoms with Gasteiger partial charge in [-0.15, -0.1) is 0 Å². The topological polar surface area (TPSA) is 127 Å². The van der Waals surface area contributed by atoms with Crippen molar-refractivity contribution in [3.8, 4) is 0 Å². The van der Waals surface area contributed by atoms with Crippen LogP contribution in [0.2, 0.25) is 0 Å². The number of carboxylic acids is 1. The normalized spacial score (nSPS) is 14.1. The number of thiol groups is 1. The number of carbonyl (C=O) groups is 3. The maximum atomic E-state index is 10.9. The largest absolute Gasteiger partial charge is 0.479 e. The summed E-state index contributed by atoms with van der Waals surface area (Å²) in [6, 6.07) is -1.06. The van der Waals surface area contributed by atoms with Gasteiger partial charge in [0, 0.05) is 5.75 Å².